The van der Waals surface area contributed by atoms with Crippen molar-refractivity contribution in [3.8, 4) is 16.8 Å². The zero-order valence-corrected chi connectivity index (χ0v) is 25.9. The van der Waals surface area contributed by atoms with Crippen molar-refractivity contribution in [2.75, 3.05) is 0 Å². The molecule has 0 fully saturated rings. The molecule has 0 aliphatic heterocycles. The fraction of sp³-hybridized carbons (Fsp3) is 0.0435. The molecular weight excluding hydrogens is 567 g/mol. The van der Waals surface area contributed by atoms with Gasteiger partial charge in [0.25, 0.3) is 0 Å². The Labute approximate surface area is 273 Å². The maximum Gasteiger partial charge on any atom is 0.0626 e. The van der Waals surface area contributed by atoms with Crippen LogP contribution in [0.2, 0.25) is 0 Å². The quantitative estimate of drug-likeness (QED) is 0.179. The van der Waals surface area contributed by atoms with Crippen LogP contribution in [0.4, 0.5) is 0 Å². The van der Waals surface area contributed by atoms with Gasteiger partial charge in [-0.1, -0.05) is 140 Å². The monoisotopic (exact) mass is 597 g/mol. The molecule has 0 N–H and O–H groups in total. The zero-order chi connectivity index (χ0) is 30.9. The molecule has 8 aromatic carbocycles. The number of allylic oxidation sites excluding steroid dienone is 1. The van der Waals surface area contributed by atoms with Gasteiger partial charge in [-0.15, -0.1) is 0 Å². The number of para-hydroxylation sites is 1. The Morgan fingerprint density at radius 2 is 1.09 bits per heavy atom. The Hall–Kier alpha value is -5.92. The third kappa shape index (κ3) is 3.90. The van der Waals surface area contributed by atoms with Gasteiger partial charge in [-0.25, -0.2) is 0 Å². The number of fused-ring (bicyclic) bond motifs is 11. The molecule has 0 saturated carbocycles. The van der Waals surface area contributed by atoms with Gasteiger partial charge in [-0.2, -0.15) is 0 Å². The third-order valence-corrected chi connectivity index (χ3v) is 10.2. The first-order valence-corrected chi connectivity index (χ1v) is 16.6. The van der Waals surface area contributed by atoms with Gasteiger partial charge in [0.1, 0.15) is 0 Å². The molecule has 1 aliphatic rings. The van der Waals surface area contributed by atoms with Crippen molar-refractivity contribution in [1.29, 1.82) is 0 Å². The highest BCUT2D eigenvalue weighted by atomic mass is 15.0. The molecule has 1 aliphatic carbocycles. The summed E-state index contributed by atoms with van der Waals surface area (Å²) in [6.07, 6.45) is 4.61. The molecule has 1 aromatic heterocycles. The highest BCUT2D eigenvalue weighted by Crippen LogP contribution is 2.47. The molecular formula is C46H31N. The van der Waals surface area contributed by atoms with Gasteiger partial charge in [0.05, 0.1) is 11.0 Å². The van der Waals surface area contributed by atoms with Crippen LogP contribution >= 0.6 is 0 Å². The Morgan fingerprint density at radius 3 is 1.91 bits per heavy atom. The summed E-state index contributed by atoms with van der Waals surface area (Å²) in [5.74, 6) is 0. The molecule has 0 atom stereocenters. The number of hydrogen-bond acceptors (Lipinski definition) is 0. The molecule has 1 nitrogen and oxygen atoms in total. The minimum Gasteiger partial charge on any atom is -0.309 e. The third-order valence-electron chi connectivity index (χ3n) is 10.2. The maximum atomic E-state index is 2.50. The number of nitrogens with zero attached hydrogens (tertiary/aromatic N) is 1. The fourth-order valence-electron chi connectivity index (χ4n) is 8.20. The standard InChI is InChI=1S/C46H31N/c1-2-13-31(14-3-1)41-29-42-37-19-7-9-21-39(37)46-45(44(42)38-20-8-6-18-36(38)41)40-22-10-11-24-43(40)47(46)33-27-25-32(26-28-33)35-23-12-16-30-15-4-5-17-34(30)35/h1-11,13-15,17-29H,12,16H2. The van der Waals surface area contributed by atoms with Crippen LogP contribution in [0.25, 0.3) is 76.5 Å². The minimum atomic E-state index is 1.08. The van der Waals surface area contributed by atoms with Gasteiger partial charge in [0, 0.05) is 27.2 Å². The predicted octanol–water partition coefficient (Wildman–Crippen LogP) is 12.3. The van der Waals surface area contributed by atoms with Crippen molar-refractivity contribution >= 4 is 59.7 Å². The largest absolute Gasteiger partial charge is 0.309 e. The van der Waals surface area contributed by atoms with Crippen LogP contribution in [-0.4, -0.2) is 4.57 Å². The van der Waals surface area contributed by atoms with Crippen molar-refractivity contribution in [3.05, 3.63) is 180 Å². The Balaban J connectivity index is 1.31. The van der Waals surface area contributed by atoms with Gasteiger partial charge < -0.3 is 4.57 Å². The van der Waals surface area contributed by atoms with E-state index < -0.39 is 0 Å². The van der Waals surface area contributed by atoms with E-state index in [1.54, 1.807) is 0 Å². The average Bonchev–Trinajstić information content (AvgIpc) is 3.50. The van der Waals surface area contributed by atoms with Crippen molar-refractivity contribution in [2.24, 2.45) is 0 Å². The normalized spacial score (nSPS) is 13.1. The summed E-state index contributed by atoms with van der Waals surface area (Å²) >= 11 is 0. The molecule has 220 valence electrons. The number of aromatic nitrogens is 1. The van der Waals surface area contributed by atoms with Crippen molar-refractivity contribution in [1.82, 2.24) is 4.57 Å². The van der Waals surface area contributed by atoms with Crippen LogP contribution in [0, 0.1) is 0 Å². The van der Waals surface area contributed by atoms with E-state index >= 15 is 0 Å². The lowest BCUT2D eigenvalue weighted by Gasteiger charge is -2.19. The van der Waals surface area contributed by atoms with Crippen LogP contribution in [0.3, 0.4) is 0 Å². The summed E-state index contributed by atoms with van der Waals surface area (Å²) in [5.41, 5.74) is 11.6. The van der Waals surface area contributed by atoms with Crippen LogP contribution in [-0.2, 0) is 6.42 Å². The predicted molar refractivity (Wildman–Crippen MR) is 201 cm³/mol. The summed E-state index contributed by atoms with van der Waals surface area (Å²) in [6, 6.07) is 58.3. The number of hydrogen-bond donors (Lipinski definition) is 0. The van der Waals surface area contributed by atoms with E-state index in [0.717, 1.165) is 12.8 Å². The molecule has 1 heteroatoms. The molecule has 0 saturated heterocycles. The first-order chi connectivity index (χ1) is 23.3. The van der Waals surface area contributed by atoms with Crippen molar-refractivity contribution < 1.29 is 0 Å². The van der Waals surface area contributed by atoms with E-state index in [1.165, 1.54) is 93.2 Å². The van der Waals surface area contributed by atoms with E-state index in [4.69, 9.17) is 0 Å². The highest BCUT2D eigenvalue weighted by Gasteiger charge is 2.22. The lowest BCUT2D eigenvalue weighted by atomic mass is 9.87. The fourth-order valence-corrected chi connectivity index (χ4v) is 8.20. The molecule has 0 bridgehead atoms. The highest BCUT2D eigenvalue weighted by molar-refractivity contribution is 6.38. The van der Waals surface area contributed by atoms with Gasteiger partial charge in [-0.3, -0.25) is 0 Å². The molecule has 0 amide bonds. The second-order valence-corrected chi connectivity index (χ2v) is 12.7. The molecule has 0 unspecified atom stereocenters. The van der Waals surface area contributed by atoms with Crippen LogP contribution in [0.1, 0.15) is 23.1 Å². The Morgan fingerprint density at radius 1 is 0.426 bits per heavy atom. The molecule has 9 aromatic rings. The topological polar surface area (TPSA) is 4.93 Å². The number of benzene rings is 8. The maximum absolute atomic E-state index is 2.50. The molecule has 0 radical (unpaired) electrons. The molecule has 10 rings (SSSR count). The lowest BCUT2D eigenvalue weighted by Crippen LogP contribution is -2.01. The summed E-state index contributed by atoms with van der Waals surface area (Å²) in [7, 11) is 0. The van der Waals surface area contributed by atoms with Gasteiger partial charge in [-0.05, 0) is 92.0 Å². The summed E-state index contributed by atoms with van der Waals surface area (Å²) in [4.78, 5) is 0. The van der Waals surface area contributed by atoms with E-state index in [0.29, 0.717) is 0 Å². The van der Waals surface area contributed by atoms with Gasteiger partial charge in [0.15, 0.2) is 0 Å². The first-order valence-electron chi connectivity index (χ1n) is 16.6. The SMILES string of the molecule is C1=C(c2ccc(-n3c4ccccc4c4c5c6ccccc6c(-c6ccccc6)cc5c5ccccc5c43)cc2)c2ccccc2CC1. The number of rotatable bonds is 3. The zero-order valence-electron chi connectivity index (χ0n) is 25.9. The molecule has 1 heterocycles. The smallest absolute Gasteiger partial charge is 0.0626 e. The van der Waals surface area contributed by atoms with Crippen molar-refractivity contribution in [3.63, 3.8) is 0 Å². The van der Waals surface area contributed by atoms with E-state index in [-0.39, 0.29) is 0 Å². The van der Waals surface area contributed by atoms with Crippen LogP contribution in [0.5, 0.6) is 0 Å². The summed E-state index contributed by atoms with van der Waals surface area (Å²) in [6.45, 7) is 0. The lowest BCUT2D eigenvalue weighted by molar-refractivity contribution is 0.977. The molecule has 0 spiro atoms. The summed E-state index contributed by atoms with van der Waals surface area (Å²) in [5, 5.41) is 10.3. The van der Waals surface area contributed by atoms with Gasteiger partial charge >= 0.3 is 0 Å². The van der Waals surface area contributed by atoms with E-state index in [9.17, 15) is 0 Å². The van der Waals surface area contributed by atoms with E-state index in [1.807, 2.05) is 0 Å². The van der Waals surface area contributed by atoms with Gasteiger partial charge in [0.2, 0.25) is 0 Å². The van der Waals surface area contributed by atoms with E-state index in [2.05, 4.69) is 168 Å². The second kappa shape index (κ2) is 10.3. The Bertz CT molecular complexity index is 2710. The second-order valence-electron chi connectivity index (χ2n) is 12.7. The summed E-state index contributed by atoms with van der Waals surface area (Å²) < 4.78 is 2.50. The van der Waals surface area contributed by atoms with Crippen LogP contribution in [0.15, 0.2) is 164 Å². The first kappa shape index (κ1) is 26.3. The molecule has 47 heavy (non-hydrogen) atoms. The minimum absolute atomic E-state index is 1.08. The van der Waals surface area contributed by atoms with Crippen LogP contribution < -0.4 is 0 Å². The number of aryl methyl sites for hydroxylation is 1. The average molecular weight is 598 g/mol. The van der Waals surface area contributed by atoms with Crippen molar-refractivity contribution in [2.45, 2.75) is 12.8 Å². The Kier molecular flexibility index (Phi) is 5.77.